The van der Waals surface area contributed by atoms with E-state index in [-0.39, 0.29) is 63.6 Å². The Morgan fingerprint density at radius 3 is 2.20 bits per heavy atom. The molecule has 0 aromatic heterocycles. The molecular formula is C34H54O6. The lowest BCUT2D eigenvalue weighted by molar-refractivity contribution is -0.240. The normalized spacial score (nSPS) is 48.8. The van der Waals surface area contributed by atoms with Gasteiger partial charge in [-0.3, -0.25) is 9.59 Å². The Bertz CT molecular complexity index is 1090. The standard InChI is InChI=1S/C34H54O6/c1-20(35)39-19-34-15-14-29(3,4)17-23(34)22-16-24(37)28-31(7)12-11-27(40-21(2)36)30(5,6)25(31)10-13-32(28,8)33(22,9)18-26(34)38/h16,23-28,37-38H,10-15,17-19H2,1-9H3. The molecule has 0 radical (unpaired) electrons. The van der Waals surface area contributed by atoms with Crippen LogP contribution >= 0.6 is 0 Å². The van der Waals surface area contributed by atoms with E-state index in [1.54, 1.807) is 0 Å². The first-order valence-corrected chi connectivity index (χ1v) is 15.7. The molecule has 5 rings (SSSR count). The number of esters is 2. The van der Waals surface area contributed by atoms with E-state index in [0.717, 1.165) is 44.9 Å². The molecule has 6 nitrogen and oxygen atoms in total. The number of rotatable bonds is 3. The minimum Gasteiger partial charge on any atom is -0.465 e. The maximum atomic E-state index is 12.2. The van der Waals surface area contributed by atoms with Gasteiger partial charge in [0, 0.05) is 30.6 Å². The largest absolute Gasteiger partial charge is 0.465 e. The van der Waals surface area contributed by atoms with Crippen LogP contribution in [0.5, 0.6) is 0 Å². The number of carbonyl (C=O) groups is 2. The predicted octanol–water partition coefficient (Wildman–Crippen LogP) is 6.22. The number of hydrogen-bond acceptors (Lipinski definition) is 6. The molecular weight excluding hydrogens is 504 g/mol. The van der Waals surface area contributed by atoms with Crippen molar-refractivity contribution < 1.29 is 29.3 Å². The zero-order valence-corrected chi connectivity index (χ0v) is 26.4. The molecule has 10 atom stereocenters. The van der Waals surface area contributed by atoms with Crippen LogP contribution in [-0.2, 0) is 19.1 Å². The Balaban J connectivity index is 1.60. The Kier molecular flexibility index (Phi) is 6.99. The van der Waals surface area contributed by atoms with Gasteiger partial charge in [-0.1, -0.05) is 60.1 Å². The Morgan fingerprint density at radius 1 is 0.900 bits per heavy atom. The minimum absolute atomic E-state index is 0.0369. The van der Waals surface area contributed by atoms with E-state index in [4.69, 9.17) is 9.47 Å². The molecule has 5 aliphatic rings. The van der Waals surface area contributed by atoms with Gasteiger partial charge in [-0.05, 0) is 84.9 Å². The molecule has 0 spiro atoms. The average Bonchev–Trinajstić information content (AvgIpc) is 2.81. The van der Waals surface area contributed by atoms with Crippen molar-refractivity contribution in [2.45, 2.75) is 132 Å². The van der Waals surface area contributed by atoms with Crippen molar-refractivity contribution in [3.05, 3.63) is 11.6 Å². The molecule has 0 aromatic rings. The molecule has 0 heterocycles. The zero-order chi connectivity index (χ0) is 29.7. The first-order valence-electron chi connectivity index (χ1n) is 15.7. The second-order valence-corrected chi connectivity index (χ2v) is 16.5. The van der Waals surface area contributed by atoms with Crippen molar-refractivity contribution in [2.24, 2.45) is 50.2 Å². The average molecular weight is 559 g/mol. The Hall–Kier alpha value is -1.40. The third-order valence-electron chi connectivity index (χ3n) is 13.6. The smallest absolute Gasteiger partial charge is 0.302 e. The maximum Gasteiger partial charge on any atom is 0.302 e. The second-order valence-electron chi connectivity index (χ2n) is 16.5. The molecule has 4 fully saturated rings. The van der Waals surface area contributed by atoms with Gasteiger partial charge >= 0.3 is 11.9 Å². The maximum absolute atomic E-state index is 12.2. The molecule has 0 saturated heterocycles. The molecule has 40 heavy (non-hydrogen) atoms. The molecule has 2 N–H and O–H groups in total. The monoisotopic (exact) mass is 558 g/mol. The SMILES string of the molecule is CC(=O)OCC12CCC(C)(C)CC1C1=CC(O)C3C4(C)CCC(OC(C)=O)C(C)(C)C4CCC3(C)C1(C)CC2O. The topological polar surface area (TPSA) is 93.1 Å². The molecule has 6 heteroatoms. The fraction of sp³-hybridized carbons (Fsp3) is 0.882. The highest BCUT2D eigenvalue weighted by molar-refractivity contribution is 5.66. The van der Waals surface area contributed by atoms with E-state index in [0.29, 0.717) is 12.3 Å². The van der Waals surface area contributed by atoms with Gasteiger partial charge in [-0.25, -0.2) is 0 Å². The van der Waals surface area contributed by atoms with Crippen molar-refractivity contribution in [1.29, 1.82) is 0 Å². The summed E-state index contributed by atoms with van der Waals surface area (Å²) in [4.78, 5) is 23.9. The van der Waals surface area contributed by atoms with Gasteiger partial charge in [0.2, 0.25) is 0 Å². The summed E-state index contributed by atoms with van der Waals surface area (Å²) in [5.41, 5.74) is 0.0828. The molecule has 226 valence electrons. The van der Waals surface area contributed by atoms with Gasteiger partial charge in [0.05, 0.1) is 18.8 Å². The highest BCUT2D eigenvalue weighted by Gasteiger charge is 2.71. The number of hydrogen-bond donors (Lipinski definition) is 2. The van der Waals surface area contributed by atoms with Crippen molar-refractivity contribution in [1.82, 2.24) is 0 Å². The molecule has 0 aromatic carbocycles. The first kappa shape index (κ1) is 30.1. The minimum atomic E-state index is -0.589. The van der Waals surface area contributed by atoms with E-state index < -0.39 is 17.6 Å². The Labute approximate surface area is 241 Å². The van der Waals surface area contributed by atoms with E-state index in [1.807, 2.05) is 0 Å². The summed E-state index contributed by atoms with van der Waals surface area (Å²) in [6.45, 7) is 19.4. The summed E-state index contributed by atoms with van der Waals surface area (Å²) in [6.07, 6.45) is 7.91. The van der Waals surface area contributed by atoms with Gasteiger partial charge in [0.1, 0.15) is 6.10 Å². The van der Waals surface area contributed by atoms with Crippen LogP contribution in [0, 0.1) is 50.2 Å². The van der Waals surface area contributed by atoms with Crippen LogP contribution in [0.2, 0.25) is 0 Å². The number of aliphatic hydroxyl groups excluding tert-OH is 2. The number of allylic oxidation sites excluding steroid dienone is 1. The summed E-state index contributed by atoms with van der Waals surface area (Å²) < 4.78 is 11.5. The number of ether oxygens (including phenoxy) is 2. The van der Waals surface area contributed by atoms with E-state index >= 15 is 0 Å². The zero-order valence-electron chi connectivity index (χ0n) is 26.4. The van der Waals surface area contributed by atoms with Crippen LogP contribution in [0.1, 0.15) is 114 Å². The highest BCUT2D eigenvalue weighted by Crippen LogP contribution is 2.75. The number of fused-ring (bicyclic) bond motifs is 7. The van der Waals surface area contributed by atoms with Crippen LogP contribution in [0.4, 0.5) is 0 Å². The van der Waals surface area contributed by atoms with Crippen LogP contribution in [0.15, 0.2) is 11.6 Å². The third kappa shape index (κ3) is 4.08. The van der Waals surface area contributed by atoms with Gasteiger partial charge in [0.15, 0.2) is 0 Å². The van der Waals surface area contributed by atoms with Crippen molar-refractivity contribution in [2.75, 3.05) is 6.61 Å². The van der Waals surface area contributed by atoms with Crippen molar-refractivity contribution in [3.63, 3.8) is 0 Å². The lowest BCUT2D eigenvalue weighted by atomic mass is 9.33. The van der Waals surface area contributed by atoms with Crippen LogP contribution < -0.4 is 0 Å². The molecule has 4 saturated carbocycles. The second kappa shape index (κ2) is 9.30. The molecule has 10 unspecified atom stereocenters. The lowest BCUT2D eigenvalue weighted by Gasteiger charge is -2.72. The number of aliphatic hydroxyl groups is 2. The van der Waals surface area contributed by atoms with Gasteiger partial charge in [0.25, 0.3) is 0 Å². The summed E-state index contributed by atoms with van der Waals surface area (Å²) >= 11 is 0. The van der Waals surface area contributed by atoms with E-state index in [9.17, 15) is 19.8 Å². The first-order chi connectivity index (χ1) is 18.3. The number of carbonyl (C=O) groups excluding carboxylic acids is 2. The fourth-order valence-corrected chi connectivity index (χ4v) is 11.4. The van der Waals surface area contributed by atoms with Crippen LogP contribution in [-0.4, -0.2) is 47.1 Å². The van der Waals surface area contributed by atoms with Crippen molar-refractivity contribution >= 4 is 11.9 Å². The quantitative estimate of drug-likeness (QED) is 0.315. The summed E-state index contributed by atoms with van der Waals surface area (Å²) in [5.74, 6) is -0.117. The summed E-state index contributed by atoms with van der Waals surface area (Å²) in [7, 11) is 0. The van der Waals surface area contributed by atoms with Crippen LogP contribution in [0.3, 0.4) is 0 Å². The highest BCUT2D eigenvalue weighted by atomic mass is 16.5. The van der Waals surface area contributed by atoms with Gasteiger partial charge in [-0.2, -0.15) is 0 Å². The van der Waals surface area contributed by atoms with E-state index in [1.165, 1.54) is 19.4 Å². The van der Waals surface area contributed by atoms with Gasteiger partial charge < -0.3 is 19.7 Å². The predicted molar refractivity (Wildman–Crippen MR) is 154 cm³/mol. The fourth-order valence-electron chi connectivity index (χ4n) is 11.4. The molecule has 0 aliphatic heterocycles. The lowest BCUT2D eigenvalue weighted by Crippen LogP contribution is -2.69. The summed E-state index contributed by atoms with van der Waals surface area (Å²) in [5, 5.41) is 24.3. The Morgan fingerprint density at radius 2 is 1.57 bits per heavy atom. The van der Waals surface area contributed by atoms with Gasteiger partial charge in [-0.15, -0.1) is 0 Å². The molecule has 5 aliphatic carbocycles. The molecule has 0 amide bonds. The van der Waals surface area contributed by atoms with Crippen LogP contribution in [0.25, 0.3) is 0 Å². The van der Waals surface area contributed by atoms with E-state index in [2.05, 4.69) is 54.5 Å². The van der Waals surface area contributed by atoms with Crippen molar-refractivity contribution in [3.8, 4) is 0 Å². The molecule has 0 bridgehead atoms. The summed E-state index contributed by atoms with van der Waals surface area (Å²) in [6, 6.07) is 0. The third-order valence-corrected chi connectivity index (χ3v) is 13.6.